The van der Waals surface area contributed by atoms with Gasteiger partial charge in [-0.2, -0.15) is 0 Å². The Morgan fingerprint density at radius 3 is 2.83 bits per heavy atom. The fourth-order valence-corrected chi connectivity index (χ4v) is 3.53. The third-order valence-corrected chi connectivity index (χ3v) is 4.78. The number of carbonyl (C=O) groups is 1. The van der Waals surface area contributed by atoms with E-state index in [-0.39, 0.29) is 12.0 Å². The van der Waals surface area contributed by atoms with Crippen LogP contribution in [0.5, 0.6) is 5.75 Å². The van der Waals surface area contributed by atoms with Crippen LogP contribution < -0.4 is 10.1 Å². The highest BCUT2D eigenvalue weighted by atomic mass is 16.5. The highest BCUT2D eigenvalue weighted by molar-refractivity contribution is 5.81. The Kier molecular flexibility index (Phi) is 5.51. The second-order valence-electron chi connectivity index (χ2n) is 6.28. The van der Waals surface area contributed by atoms with Gasteiger partial charge >= 0.3 is 0 Å². The maximum absolute atomic E-state index is 13.0. The lowest BCUT2D eigenvalue weighted by molar-refractivity contribution is -0.148. The first-order valence-corrected chi connectivity index (χ1v) is 8.54. The van der Waals surface area contributed by atoms with Gasteiger partial charge in [-0.3, -0.25) is 4.79 Å². The van der Waals surface area contributed by atoms with Gasteiger partial charge in [0.1, 0.15) is 11.9 Å². The molecule has 0 radical (unpaired) electrons. The Bertz CT molecular complexity index is 523. The Morgan fingerprint density at radius 1 is 1.35 bits per heavy atom. The second-order valence-corrected chi connectivity index (χ2v) is 6.28. The SMILES string of the molecule is COc1ccccc1CN(C(=O)[C@H]1CNCCO1)C1CCCC1. The molecule has 0 unspecified atom stereocenters. The molecule has 0 spiro atoms. The molecule has 1 atom stereocenters. The summed E-state index contributed by atoms with van der Waals surface area (Å²) in [5.41, 5.74) is 1.05. The van der Waals surface area contributed by atoms with Crippen molar-refractivity contribution in [3.63, 3.8) is 0 Å². The number of amides is 1. The zero-order valence-corrected chi connectivity index (χ0v) is 13.8. The van der Waals surface area contributed by atoms with Crippen molar-refractivity contribution in [3.05, 3.63) is 29.8 Å². The maximum atomic E-state index is 13.0. The van der Waals surface area contributed by atoms with Crippen LogP contribution in [0.25, 0.3) is 0 Å². The third-order valence-electron chi connectivity index (χ3n) is 4.78. The average Bonchev–Trinajstić information content (AvgIpc) is 3.14. The quantitative estimate of drug-likeness (QED) is 0.902. The van der Waals surface area contributed by atoms with Crippen LogP contribution >= 0.6 is 0 Å². The van der Waals surface area contributed by atoms with Gasteiger partial charge in [0.15, 0.2) is 0 Å². The van der Waals surface area contributed by atoms with E-state index in [2.05, 4.69) is 5.32 Å². The molecular formula is C18H26N2O3. The highest BCUT2D eigenvalue weighted by Gasteiger charge is 2.33. The summed E-state index contributed by atoms with van der Waals surface area (Å²) in [4.78, 5) is 15.0. The molecule has 1 amide bonds. The molecule has 1 aromatic carbocycles. The first-order chi connectivity index (χ1) is 11.3. The van der Waals surface area contributed by atoms with Crippen molar-refractivity contribution < 1.29 is 14.3 Å². The van der Waals surface area contributed by atoms with Gasteiger partial charge in [0, 0.05) is 31.2 Å². The number of rotatable bonds is 5. The number of methoxy groups -OCH3 is 1. The van der Waals surface area contributed by atoms with Crippen molar-refractivity contribution in [2.75, 3.05) is 26.8 Å². The van der Waals surface area contributed by atoms with E-state index in [9.17, 15) is 4.79 Å². The normalized spacial score (nSPS) is 22.0. The Balaban J connectivity index is 1.78. The molecule has 2 fully saturated rings. The van der Waals surface area contributed by atoms with E-state index in [4.69, 9.17) is 9.47 Å². The number of hydrogen-bond acceptors (Lipinski definition) is 4. The first-order valence-electron chi connectivity index (χ1n) is 8.54. The number of para-hydroxylation sites is 1. The van der Waals surface area contributed by atoms with Crippen molar-refractivity contribution in [2.45, 2.75) is 44.4 Å². The standard InChI is InChI=1S/C18H26N2O3/c1-22-16-9-5-2-6-14(16)13-20(15-7-3-4-8-15)18(21)17-12-19-10-11-23-17/h2,5-6,9,15,17,19H,3-4,7-8,10-13H2,1H3/t17-/m1/s1. The van der Waals surface area contributed by atoms with Gasteiger partial charge in [0.2, 0.25) is 0 Å². The smallest absolute Gasteiger partial charge is 0.253 e. The van der Waals surface area contributed by atoms with Crippen LogP contribution in [0.15, 0.2) is 24.3 Å². The summed E-state index contributed by atoms with van der Waals surface area (Å²) < 4.78 is 11.1. The molecular weight excluding hydrogens is 292 g/mol. The van der Waals surface area contributed by atoms with Crippen LogP contribution in [-0.4, -0.2) is 49.8 Å². The van der Waals surface area contributed by atoms with Crippen LogP contribution in [-0.2, 0) is 16.1 Å². The molecule has 1 aliphatic heterocycles. The number of hydrogen-bond donors (Lipinski definition) is 1. The van der Waals surface area contributed by atoms with Crippen molar-refractivity contribution >= 4 is 5.91 Å². The maximum Gasteiger partial charge on any atom is 0.253 e. The van der Waals surface area contributed by atoms with Crippen molar-refractivity contribution in [1.29, 1.82) is 0 Å². The summed E-state index contributed by atoms with van der Waals surface area (Å²) >= 11 is 0. The van der Waals surface area contributed by atoms with Gasteiger partial charge in [-0.15, -0.1) is 0 Å². The molecule has 1 aromatic rings. The lowest BCUT2D eigenvalue weighted by Gasteiger charge is -2.34. The summed E-state index contributed by atoms with van der Waals surface area (Å²) in [6.45, 7) is 2.62. The minimum absolute atomic E-state index is 0.106. The summed E-state index contributed by atoms with van der Waals surface area (Å²) in [6, 6.07) is 8.25. The second kappa shape index (κ2) is 7.79. The number of ether oxygens (including phenoxy) is 2. The zero-order valence-electron chi connectivity index (χ0n) is 13.8. The fourth-order valence-electron chi connectivity index (χ4n) is 3.53. The summed E-state index contributed by atoms with van der Waals surface area (Å²) in [5.74, 6) is 0.945. The minimum Gasteiger partial charge on any atom is -0.496 e. The molecule has 0 aromatic heterocycles. The highest BCUT2D eigenvalue weighted by Crippen LogP contribution is 2.28. The fraction of sp³-hybridized carbons (Fsp3) is 0.611. The largest absolute Gasteiger partial charge is 0.496 e. The predicted molar refractivity (Wildman–Crippen MR) is 88.4 cm³/mol. The number of benzene rings is 1. The lowest BCUT2D eigenvalue weighted by atomic mass is 10.1. The van der Waals surface area contributed by atoms with E-state index in [0.29, 0.717) is 25.7 Å². The molecule has 5 heteroatoms. The van der Waals surface area contributed by atoms with E-state index in [1.807, 2.05) is 29.2 Å². The Labute approximate surface area is 137 Å². The van der Waals surface area contributed by atoms with Gasteiger partial charge in [0.05, 0.1) is 13.7 Å². The summed E-state index contributed by atoms with van der Waals surface area (Å²) in [6.07, 6.45) is 4.20. The average molecular weight is 318 g/mol. The third kappa shape index (κ3) is 3.85. The number of morpholine rings is 1. The number of nitrogens with one attached hydrogen (secondary N) is 1. The molecule has 2 aliphatic rings. The Morgan fingerprint density at radius 2 is 2.13 bits per heavy atom. The van der Waals surface area contributed by atoms with Crippen molar-refractivity contribution in [3.8, 4) is 5.75 Å². The van der Waals surface area contributed by atoms with Gasteiger partial charge in [0.25, 0.3) is 5.91 Å². The van der Waals surface area contributed by atoms with Crippen LogP contribution in [0.4, 0.5) is 0 Å². The molecule has 23 heavy (non-hydrogen) atoms. The van der Waals surface area contributed by atoms with Crippen LogP contribution in [0.2, 0.25) is 0 Å². The van der Waals surface area contributed by atoms with E-state index in [0.717, 1.165) is 30.7 Å². The van der Waals surface area contributed by atoms with Gasteiger partial charge < -0.3 is 19.7 Å². The predicted octanol–water partition coefficient (Wildman–Crippen LogP) is 1.95. The Hall–Kier alpha value is -1.59. The van der Waals surface area contributed by atoms with Crippen molar-refractivity contribution in [2.24, 2.45) is 0 Å². The molecule has 3 rings (SSSR count). The van der Waals surface area contributed by atoms with Crippen LogP contribution in [0.1, 0.15) is 31.2 Å². The molecule has 1 N–H and O–H groups in total. The van der Waals surface area contributed by atoms with E-state index < -0.39 is 0 Å². The molecule has 0 bridgehead atoms. The van der Waals surface area contributed by atoms with Crippen molar-refractivity contribution in [1.82, 2.24) is 10.2 Å². The molecule has 5 nitrogen and oxygen atoms in total. The minimum atomic E-state index is -0.362. The molecule has 126 valence electrons. The van der Waals surface area contributed by atoms with Gasteiger partial charge in [-0.25, -0.2) is 0 Å². The molecule has 1 heterocycles. The molecule has 1 aliphatic carbocycles. The number of nitrogens with zero attached hydrogens (tertiary/aromatic N) is 1. The lowest BCUT2D eigenvalue weighted by Crippen LogP contribution is -2.51. The van der Waals surface area contributed by atoms with E-state index in [1.165, 1.54) is 12.8 Å². The van der Waals surface area contributed by atoms with Gasteiger partial charge in [-0.05, 0) is 18.9 Å². The molecule has 1 saturated carbocycles. The first kappa shape index (κ1) is 16.3. The topological polar surface area (TPSA) is 50.8 Å². The summed E-state index contributed by atoms with van der Waals surface area (Å²) in [5, 5.41) is 3.25. The zero-order chi connectivity index (χ0) is 16.1. The number of carbonyl (C=O) groups excluding carboxylic acids is 1. The van der Waals surface area contributed by atoms with Crippen LogP contribution in [0.3, 0.4) is 0 Å². The summed E-state index contributed by atoms with van der Waals surface area (Å²) in [7, 11) is 1.68. The van der Waals surface area contributed by atoms with E-state index in [1.54, 1.807) is 7.11 Å². The van der Waals surface area contributed by atoms with Crippen LogP contribution in [0, 0.1) is 0 Å². The van der Waals surface area contributed by atoms with Gasteiger partial charge in [-0.1, -0.05) is 31.0 Å². The monoisotopic (exact) mass is 318 g/mol. The van der Waals surface area contributed by atoms with E-state index >= 15 is 0 Å². The molecule has 1 saturated heterocycles.